The van der Waals surface area contributed by atoms with Crippen LogP contribution in [0, 0.1) is 0 Å². The molecule has 120 valence electrons. The Morgan fingerprint density at radius 2 is 2.10 bits per heavy atom. The van der Waals surface area contributed by atoms with Gasteiger partial charge in [0.2, 0.25) is 10.0 Å². The molecule has 0 atom stereocenters. The van der Waals surface area contributed by atoms with E-state index in [0.29, 0.717) is 17.5 Å². The molecule has 0 saturated heterocycles. The molecule has 1 aliphatic rings. The van der Waals surface area contributed by atoms with Crippen molar-refractivity contribution in [3.05, 3.63) is 12.4 Å². The number of hydrogen-bond donors (Lipinski definition) is 1. The van der Waals surface area contributed by atoms with Gasteiger partial charge in [0.15, 0.2) is 0 Å². The van der Waals surface area contributed by atoms with Crippen LogP contribution < -0.4 is 5.32 Å². The third kappa shape index (κ3) is 4.05. The number of aromatic nitrogens is 2. The first-order chi connectivity index (χ1) is 9.91. The van der Waals surface area contributed by atoms with Gasteiger partial charge in [0.1, 0.15) is 4.90 Å². The van der Waals surface area contributed by atoms with Gasteiger partial charge < -0.3 is 5.32 Å². The van der Waals surface area contributed by atoms with Gasteiger partial charge in [-0.25, -0.2) is 8.42 Å². The molecule has 0 aromatic carbocycles. The summed E-state index contributed by atoms with van der Waals surface area (Å²) in [7, 11) is -1.73. The van der Waals surface area contributed by atoms with Crippen molar-refractivity contribution in [3.8, 4) is 0 Å². The molecule has 1 N–H and O–H groups in total. The van der Waals surface area contributed by atoms with Gasteiger partial charge in [0.25, 0.3) is 0 Å². The Kier molecular flexibility index (Phi) is 5.40. The molecule has 0 spiro atoms. The molecule has 0 amide bonds. The summed E-state index contributed by atoms with van der Waals surface area (Å²) in [6, 6.07) is 0.554. The zero-order valence-electron chi connectivity index (χ0n) is 13.1. The summed E-state index contributed by atoms with van der Waals surface area (Å²) >= 11 is 0. The number of nitrogens with zero attached hydrogens (tertiary/aromatic N) is 3. The first-order valence-corrected chi connectivity index (χ1v) is 9.09. The predicted molar refractivity (Wildman–Crippen MR) is 82.6 cm³/mol. The minimum absolute atomic E-state index is 0.140. The van der Waals surface area contributed by atoms with E-state index in [1.165, 1.54) is 10.5 Å². The van der Waals surface area contributed by atoms with E-state index in [9.17, 15) is 8.42 Å². The average molecular weight is 314 g/mol. The molecule has 6 nitrogen and oxygen atoms in total. The number of hydrogen-bond acceptors (Lipinski definition) is 4. The Bertz CT molecular complexity index is 547. The molecule has 1 aliphatic carbocycles. The molecule has 0 unspecified atom stereocenters. The Labute approximate surface area is 127 Å². The number of sulfonamides is 1. The van der Waals surface area contributed by atoms with Gasteiger partial charge in [-0.1, -0.05) is 26.7 Å². The van der Waals surface area contributed by atoms with Crippen molar-refractivity contribution in [2.45, 2.75) is 63.1 Å². The summed E-state index contributed by atoms with van der Waals surface area (Å²) in [5, 5.41) is 7.45. The fourth-order valence-corrected chi connectivity index (χ4v) is 4.07. The lowest BCUT2D eigenvalue weighted by Gasteiger charge is -2.22. The minimum Gasteiger partial charge on any atom is -0.313 e. The Morgan fingerprint density at radius 3 is 2.71 bits per heavy atom. The third-order valence-corrected chi connectivity index (χ3v) is 5.88. The lowest BCUT2D eigenvalue weighted by molar-refractivity contribution is 0.373. The van der Waals surface area contributed by atoms with E-state index in [1.807, 2.05) is 0 Å². The molecule has 2 rings (SSSR count). The van der Waals surface area contributed by atoms with Crippen LogP contribution in [0.25, 0.3) is 0 Å². The molecule has 1 saturated carbocycles. The molecular weight excluding hydrogens is 288 g/mol. The Hall–Kier alpha value is -0.920. The molecule has 1 heterocycles. The van der Waals surface area contributed by atoms with Crippen molar-refractivity contribution in [1.29, 1.82) is 0 Å². The van der Waals surface area contributed by atoms with Crippen LogP contribution in [0.1, 0.15) is 39.5 Å². The molecule has 0 radical (unpaired) electrons. The van der Waals surface area contributed by atoms with E-state index < -0.39 is 10.0 Å². The highest BCUT2D eigenvalue weighted by molar-refractivity contribution is 7.89. The maximum Gasteiger partial charge on any atom is 0.246 e. The largest absolute Gasteiger partial charge is 0.313 e. The lowest BCUT2D eigenvalue weighted by Crippen LogP contribution is -2.35. The maximum absolute atomic E-state index is 12.6. The molecule has 7 heteroatoms. The first-order valence-electron chi connectivity index (χ1n) is 7.65. The van der Waals surface area contributed by atoms with E-state index in [4.69, 9.17) is 0 Å². The highest BCUT2D eigenvalue weighted by atomic mass is 32.2. The predicted octanol–water partition coefficient (Wildman–Crippen LogP) is 1.44. The van der Waals surface area contributed by atoms with E-state index >= 15 is 0 Å². The van der Waals surface area contributed by atoms with Crippen LogP contribution in [0.4, 0.5) is 0 Å². The number of rotatable bonds is 7. The zero-order chi connectivity index (χ0) is 15.5. The Balaban J connectivity index is 2.01. The zero-order valence-corrected chi connectivity index (χ0v) is 13.9. The molecule has 21 heavy (non-hydrogen) atoms. The van der Waals surface area contributed by atoms with Crippen LogP contribution >= 0.6 is 0 Å². The Morgan fingerprint density at radius 1 is 1.43 bits per heavy atom. The van der Waals surface area contributed by atoms with Crippen LogP contribution in [0.2, 0.25) is 0 Å². The van der Waals surface area contributed by atoms with E-state index in [2.05, 4.69) is 24.3 Å². The second-order valence-electron chi connectivity index (χ2n) is 6.01. The van der Waals surface area contributed by atoms with Gasteiger partial charge in [-0.15, -0.1) is 0 Å². The molecule has 1 fully saturated rings. The van der Waals surface area contributed by atoms with Crippen LogP contribution in [-0.4, -0.2) is 48.2 Å². The summed E-state index contributed by atoms with van der Waals surface area (Å²) in [4.78, 5) is 0.293. The number of nitrogens with one attached hydrogen (secondary N) is 1. The van der Waals surface area contributed by atoms with Crippen molar-refractivity contribution >= 4 is 10.0 Å². The standard InChI is InChI=1S/C14H26N4O2S/c1-12(2)15-8-9-18-11-14(10-16-18)21(19,20)17(3)13-6-4-5-7-13/h10-13,15H,4-9H2,1-3H3. The van der Waals surface area contributed by atoms with E-state index in [0.717, 1.165) is 32.2 Å². The van der Waals surface area contributed by atoms with Crippen LogP contribution in [0.3, 0.4) is 0 Å². The lowest BCUT2D eigenvalue weighted by atomic mass is 10.3. The van der Waals surface area contributed by atoms with Gasteiger partial charge >= 0.3 is 0 Å². The van der Waals surface area contributed by atoms with Crippen molar-refractivity contribution < 1.29 is 8.42 Å². The highest BCUT2D eigenvalue weighted by Crippen LogP contribution is 2.26. The fraction of sp³-hybridized carbons (Fsp3) is 0.786. The fourth-order valence-electron chi connectivity index (χ4n) is 2.70. The van der Waals surface area contributed by atoms with Crippen LogP contribution in [0.15, 0.2) is 17.3 Å². The van der Waals surface area contributed by atoms with Gasteiger partial charge in [0.05, 0.1) is 12.7 Å². The van der Waals surface area contributed by atoms with Gasteiger partial charge in [-0.3, -0.25) is 4.68 Å². The molecule has 0 bridgehead atoms. The summed E-state index contributed by atoms with van der Waals surface area (Å²) in [5.74, 6) is 0. The maximum atomic E-state index is 12.6. The summed E-state index contributed by atoms with van der Waals surface area (Å²) in [5.41, 5.74) is 0. The quantitative estimate of drug-likeness (QED) is 0.827. The van der Waals surface area contributed by atoms with Gasteiger partial charge in [-0.2, -0.15) is 9.40 Å². The second kappa shape index (κ2) is 6.89. The smallest absolute Gasteiger partial charge is 0.246 e. The normalized spacial score (nSPS) is 17.2. The average Bonchev–Trinajstić information content (AvgIpc) is 3.08. The van der Waals surface area contributed by atoms with Crippen molar-refractivity contribution in [2.75, 3.05) is 13.6 Å². The monoisotopic (exact) mass is 314 g/mol. The molecule has 1 aromatic rings. The third-order valence-electron chi connectivity index (χ3n) is 4.02. The van der Waals surface area contributed by atoms with Crippen LogP contribution in [-0.2, 0) is 16.6 Å². The topological polar surface area (TPSA) is 67.2 Å². The van der Waals surface area contributed by atoms with Crippen molar-refractivity contribution in [3.63, 3.8) is 0 Å². The highest BCUT2D eigenvalue weighted by Gasteiger charge is 2.30. The summed E-state index contributed by atoms with van der Waals surface area (Å²) < 4.78 is 28.3. The SMILES string of the molecule is CC(C)NCCn1cc(S(=O)(=O)N(C)C2CCCC2)cn1. The first kappa shape index (κ1) is 16.5. The summed E-state index contributed by atoms with van der Waals surface area (Å²) in [6.45, 7) is 5.60. The second-order valence-corrected chi connectivity index (χ2v) is 8.00. The van der Waals surface area contributed by atoms with E-state index in [1.54, 1.807) is 17.9 Å². The minimum atomic E-state index is -3.41. The van der Waals surface area contributed by atoms with Crippen molar-refractivity contribution in [2.24, 2.45) is 0 Å². The van der Waals surface area contributed by atoms with Gasteiger partial charge in [-0.05, 0) is 12.8 Å². The van der Waals surface area contributed by atoms with Crippen molar-refractivity contribution in [1.82, 2.24) is 19.4 Å². The molecule has 0 aliphatic heterocycles. The summed E-state index contributed by atoms with van der Waals surface area (Å²) in [6.07, 6.45) is 7.23. The van der Waals surface area contributed by atoms with Gasteiger partial charge in [0, 0.05) is 31.9 Å². The molecule has 1 aromatic heterocycles. The molecular formula is C14H26N4O2S. The van der Waals surface area contributed by atoms with Crippen LogP contribution in [0.5, 0.6) is 0 Å². The van der Waals surface area contributed by atoms with E-state index in [-0.39, 0.29) is 6.04 Å².